The Hall–Kier alpha value is -1.06. The van der Waals surface area contributed by atoms with E-state index in [9.17, 15) is 0 Å². The number of nitrogens with one attached hydrogen (secondary N) is 1. The highest BCUT2D eigenvalue weighted by atomic mass is 16.5. The second kappa shape index (κ2) is 6.40. The summed E-state index contributed by atoms with van der Waals surface area (Å²) in [7, 11) is 3.50. The number of hydrogen-bond acceptors (Lipinski definition) is 3. The Bertz CT molecular complexity index is 415. The zero-order valence-corrected chi connectivity index (χ0v) is 12.4. The highest BCUT2D eigenvalue weighted by Crippen LogP contribution is 2.35. The number of ether oxygens (including phenoxy) is 2. The van der Waals surface area contributed by atoms with E-state index in [0.29, 0.717) is 6.04 Å². The van der Waals surface area contributed by atoms with Crippen molar-refractivity contribution in [1.82, 2.24) is 5.32 Å². The molecule has 2 rings (SSSR count). The van der Waals surface area contributed by atoms with Crippen LogP contribution in [0.2, 0.25) is 0 Å². The molecule has 1 aromatic carbocycles. The van der Waals surface area contributed by atoms with Gasteiger partial charge in [-0.25, -0.2) is 0 Å². The molecule has 0 heterocycles. The van der Waals surface area contributed by atoms with Crippen LogP contribution in [0.1, 0.15) is 36.9 Å². The summed E-state index contributed by atoms with van der Waals surface area (Å²) in [5.74, 6) is 1.73. The number of benzene rings is 1. The lowest BCUT2D eigenvalue weighted by Gasteiger charge is -2.24. The fourth-order valence-corrected chi connectivity index (χ4v) is 2.60. The molecule has 1 saturated carbocycles. The molecule has 1 aliphatic rings. The van der Waals surface area contributed by atoms with Crippen molar-refractivity contribution in [1.29, 1.82) is 0 Å². The van der Waals surface area contributed by atoms with Crippen molar-refractivity contribution < 1.29 is 9.47 Å². The molecule has 0 aromatic heterocycles. The van der Waals surface area contributed by atoms with Crippen LogP contribution in [0.25, 0.3) is 0 Å². The van der Waals surface area contributed by atoms with Gasteiger partial charge in [-0.3, -0.25) is 0 Å². The largest absolute Gasteiger partial charge is 0.496 e. The summed E-state index contributed by atoms with van der Waals surface area (Å²) >= 11 is 0. The van der Waals surface area contributed by atoms with Crippen LogP contribution in [0.15, 0.2) is 18.2 Å². The van der Waals surface area contributed by atoms with Crippen LogP contribution in [-0.4, -0.2) is 26.9 Å². The molecule has 106 valence electrons. The molecular formula is C16H25NO2. The van der Waals surface area contributed by atoms with Crippen molar-refractivity contribution in [3.63, 3.8) is 0 Å². The lowest BCUT2D eigenvalue weighted by atomic mass is 10.0. The van der Waals surface area contributed by atoms with Gasteiger partial charge < -0.3 is 14.8 Å². The van der Waals surface area contributed by atoms with Crippen LogP contribution in [-0.2, 0) is 4.74 Å². The SMILES string of the molecule is COCC(NC(C)c1cc(C)ccc1OC)C1CC1. The van der Waals surface area contributed by atoms with E-state index in [4.69, 9.17) is 9.47 Å². The summed E-state index contributed by atoms with van der Waals surface area (Å²) in [6.45, 7) is 5.09. The maximum absolute atomic E-state index is 5.47. The van der Waals surface area contributed by atoms with Crippen LogP contribution >= 0.6 is 0 Å². The molecule has 1 aliphatic carbocycles. The second-order valence-corrected chi connectivity index (χ2v) is 5.53. The summed E-state index contributed by atoms with van der Waals surface area (Å²) in [6.07, 6.45) is 2.64. The molecule has 1 N–H and O–H groups in total. The van der Waals surface area contributed by atoms with E-state index in [2.05, 4.69) is 31.3 Å². The molecule has 3 nitrogen and oxygen atoms in total. The molecule has 0 amide bonds. The molecule has 0 saturated heterocycles. The van der Waals surface area contributed by atoms with Gasteiger partial charge in [-0.2, -0.15) is 0 Å². The summed E-state index contributed by atoms with van der Waals surface area (Å²) in [4.78, 5) is 0. The third kappa shape index (κ3) is 3.71. The van der Waals surface area contributed by atoms with Crippen LogP contribution in [0.3, 0.4) is 0 Å². The average Bonchev–Trinajstić information content (AvgIpc) is 3.22. The monoisotopic (exact) mass is 263 g/mol. The van der Waals surface area contributed by atoms with Crippen molar-refractivity contribution in [2.75, 3.05) is 20.8 Å². The third-order valence-electron chi connectivity index (χ3n) is 3.85. The van der Waals surface area contributed by atoms with Crippen LogP contribution in [0, 0.1) is 12.8 Å². The molecule has 0 spiro atoms. The lowest BCUT2D eigenvalue weighted by molar-refractivity contribution is 0.152. The number of rotatable bonds is 7. The first-order valence-corrected chi connectivity index (χ1v) is 7.05. The van der Waals surface area contributed by atoms with Gasteiger partial charge in [-0.1, -0.05) is 17.7 Å². The normalized spacial score (nSPS) is 18.1. The van der Waals surface area contributed by atoms with E-state index in [1.807, 2.05) is 6.07 Å². The number of hydrogen-bond donors (Lipinski definition) is 1. The molecule has 0 radical (unpaired) electrons. The molecule has 1 fully saturated rings. The van der Waals surface area contributed by atoms with Gasteiger partial charge in [-0.15, -0.1) is 0 Å². The minimum Gasteiger partial charge on any atom is -0.496 e. The van der Waals surface area contributed by atoms with Crippen molar-refractivity contribution in [2.45, 2.75) is 38.8 Å². The fourth-order valence-electron chi connectivity index (χ4n) is 2.60. The van der Waals surface area contributed by atoms with E-state index >= 15 is 0 Å². The molecule has 2 atom stereocenters. The predicted octanol–water partition coefficient (Wildman–Crippen LogP) is 3.08. The lowest BCUT2D eigenvalue weighted by Crippen LogP contribution is -2.37. The maximum Gasteiger partial charge on any atom is 0.123 e. The highest BCUT2D eigenvalue weighted by Gasteiger charge is 2.32. The van der Waals surface area contributed by atoms with Gasteiger partial charge >= 0.3 is 0 Å². The second-order valence-electron chi connectivity index (χ2n) is 5.53. The Morgan fingerprint density at radius 3 is 2.63 bits per heavy atom. The van der Waals surface area contributed by atoms with Gasteiger partial charge in [-0.05, 0) is 38.7 Å². The molecule has 19 heavy (non-hydrogen) atoms. The standard InChI is InChI=1S/C16H25NO2/c1-11-5-8-16(19-4)14(9-11)12(2)17-15(10-18-3)13-6-7-13/h5,8-9,12-13,15,17H,6-7,10H2,1-4H3. The van der Waals surface area contributed by atoms with Crippen molar-refractivity contribution in [3.8, 4) is 5.75 Å². The van der Waals surface area contributed by atoms with Gasteiger partial charge in [0.25, 0.3) is 0 Å². The Morgan fingerprint density at radius 2 is 2.05 bits per heavy atom. The molecule has 0 aliphatic heterocycles. The fraction of sp³-hybridized carbons (Fsp3) is 0.625. The van der Waals surface area contributed by atoms with Gasteiger partial charge in [0.2, 0.25) is 0 Å². The molecule has 2 unspecified atom stereocenters. The topological polar surface area (TPSA) is 30.5 Å². The molecule has 1 aromatic rings. The van der Waals surface area contributed by atoms with Gasteiger partial charge in [0.15, 0.2) is 0 Å². The van der Waals surface area contributed by atoms with Crippen molar-refractivity contribution in [2.24, 2.45) is 5.92 Å². The first-order valence-electron chi connectivity index (χ1n) is 7.05. The van der Waals surface area contributed by atoms with Crippen LogP contribution in [0.5, 0.6) is 5.75 Å². The predicted molar refractivity (Wildman–Crippen MR) is 77.7 cm³/mol. The quantitative estimate of drug-likeness (QED) is 0.820. The Kier molecular flexibility index (Phi) is 4.83. The first kappa shape index (κ1) is 14.4. The first-order chi connectivity index (χ1) is 9.15. The zero-order chi connectivity index (χ0) is 13.8. The van der Waals surface area contributed by atoms with Gasteiger partial charge in [0, 0.05) is 24.8 Å². The van der Waals surface area contributed by atoms with E-state index in [1.54, 1.807) is 14.2 Å². The number of aryl methyl sites for hydroxylation is 1. The molecule has 0 bridgehead atoms. The Balaban J connectivity index is 2.09. The zero-order valence-electron chi connectivity index (χ0n) is 12.4. The summed E-state index contributed by atoms with van der Waals surface area (Å²) in [5, 5.41) is 3.69. The van der Waals surface area contributed by atoms with E-state index in [0.717, 1.165) is 18.3 Å². The maximum atomic E-state index is 5.47. The van der Waals surface area contributed by atoms with Crippen LogP contribution < -0.4 is 10.1 Å². The average molecular weight is 263 g/mol. The van der Waals surface area contributed by atoms with E-state index < -0.39 is 0 Å². The Morgan fingerprint density at radius 1 is 1.32 bits per heavy atom. The van der Waals surface area contributed by atoms with Crippen LogP contribution in [0.4, 0.5) is 0 Å². The highest BCUT2D eigenvalue weighted by molar-refractivity contribution is 5.39. The minimum atomic E-state index is 0.274. The smallest absolute Gasteiger partial charge is 0.123 e. The number of methoxy groups -OCH3 is 2. The van der Waals surface area contributed by atoms with Gasteiger partial charge in [0.05, 0.1) is 13.7 Å². The summed E-state index contributed by atoms with van der Waals surface area (Å²) in [6, 6.07) is 7.06. The molecule has 3 heteroatoms. The summed E-state index contributed by atoms with van der Waals surface area (Å²) < 4.78 is 10.8. The van der Waals surface area contributed by atoms with Crippen molar-refractivity contribution in [3.05, 3.63) is 29.3 Å². The third-order valence-corrected chi connectivity index (χ3v) is 3.85. The van der Waals surface area contributed by atoms with E-state index in [1.165, 1.54) is 24.0 Å². The minimum absolute atomic E-state index is 0.274. The summed E-state index contributed by atoms with van der Waals surface area (Å²) in [5.41, 5.74) is 2.49. The van der Waals surface area contributed by atoms with E-state index in [-0.39, 0.29) is 6.04 Å². The van der Waals surface area contributed by atoms with Crippen molar-refractivity contribution >= 4 is 0 Å². The van der Waals surface area contributed by atoms with Gasteiger partial charge in [0.1, 0.15) is 5.75 Å². The Labute approximate surface area is 116 Å². The molecular weight excluding hydrogens is 238 g/mol.